The number of anilines is 1. The fourth-order valence-electron chi connectivity index (χ4n) is 2.80. The second kappa shape index (κ2) is 7.76. The molecule has 12 heteroatoms. The van der Waals surface area contributed by atoms with Crippen LogP contribution in [0.15, 0.2) is 18.2 Å². The van der Waals surface area contributed by atoms with Crippen molar-refractivity contribution in [3.63, 3.8) is 0 Å². The van der Waals surface area contributed by atoms with Gasteiger partial charge in [0.2, 0.25) is 0 Å². The zero-order valence-corrected chi connectivity index (χ0v) is 15.1. The molecule has 1 aromatic heterocycles. The molecule has 0 radical (unpaired) electrons. The van der Waals surface area contributed by atoms with Crippen molar-refractivity contribution in [2.45, 2.75) is 32.6 Å². The molecule has 0 fully saturated rings. The SMILES string of the molecule is C[C@@H](CC(=O)c1nnn2c1CN(C(=O)Nc1ccc(F)c(F)c1)CC2)C(F)(F)F. The van der Waals surface area contributed by atoms with Crippen LogP contribution in [0.4, 0.5) is 32.4 Å². The number of amides is 2. The Bertz CT molecular complexity index is 943. The van der Waals surface area contributed by atoms with E-state index in [2.05, 4.69) is 15.6 Å². The number of halogens is 5. The summed E-state index contributed by atoms with van der Waals surface area (Å²) in [4.78, 5) is 25.9. The maximum Gasteiger partial charge on any atom is 0.391 e. The third-order valence-electron chi connectivity index (χ3n) is 4.53. The molecule has 0 unspecified atom stereocenters. The second-order valence-corrected chi connectivity index (χ2v) is 6.66. The first kappa shape index (κ1) is 20.7. The van der Waals surface area contributed by atoms with E-state index in [4.69, 9.17) is 0 Å². The summed E-state index contributed by atoms with van der Waals surface area (Å²) in [6.07, 6.45) is -5.30. The Labute approximate surface area is 161 Å². The number of nitrogens with one attached hydrogen (secondary N) is 1. The summed E-state index contributed by atoms with van der Waals surface area (Å²) in [7, 11) is 0. The lowest BCUT2D eigenvalue weighted by Crippen LogP contribution is -2.41. The van der Waals surface area contributed by atoms with E-state index in [0.717, 1.165) is 19.1 Å². The number of carbonyl (C=O) groups excluding carboxylic acids is 2. The van der Waals surface area contributed by atoms with Crippen molar-refractivity contribution < 1.29 is 31.5 Å². The van der Waals surface area contributed by atoms with Crippen LogP contribution in [0.5, 0.6) is 0 Å². The molecule has 1 N–H and O–H groups in total. The molecule has 0 spiro atoms. The number of nitrogens with zero attached hydrogens (tertiary/aromatic N) is 4. The van der Waals surface area contributed by atoms with Crippen molar-refractivity contribution in [3.05, 3.63) is 41.2 Å². The minimum Gasteiger partial charge on any atom is -0.317 e. The zero-order chi connectivity index (χ0) is 21.3. The molecule has 1 atom stereocenters. The maximum absolute atomic E-state index is 13.3. The summed E-state index contributed by atoms with van der Waals surface area (Å²) in [6, 6.07) is 2.21. The molecule has 0 saturated carbocycles. The summed E-state index contributed by atoms with van der Waals surface area (Å²) in [5, 5.41) is 9.84. The molecule has 2 amide bonds. The van der Waals surface area contributed by atoms with Crippen molar-refractivity contribution in [1.29, 1.82) is 0 Å². The number of carbonyl (C=O) groups is 2. The average Bonchev–Trinajstić information content (AvgIpc) is 3.07. The lowest BCUT2D eigenvalue weighted by molar-refractivity contribution is -0.168. The van der Waals surface area contributed by atoms with E-state index in [1.165, 1.54) is 15.6 Å². The Hall–Kier alpha value is -3.05. The minimum atomic E-state index is -4.51. The summed E-state index contributed by atoms with van der Waals surface area (Å²) in [5.74, 6) is -4.86. The van der Waals surface area contributed by atoms with Crippen LogP contribution in [-0.4, -0.2) is 44.4 Å². The van der Waals surface area contributed by atoms with Crippen molar-refractivity contribution >= 4 is 17.5 Å². The third-order valence-corrected chi connectivity index (χ3v) is 4.53. The monoisotopic (exact) mass is 417 g/mol. The van der Waals surface area contributed by atoms with Gasteiger partial charge >= 0.3 is 12.2 Å². The highest BCUT2D eigenvalue weighted by Crippen LogP contribution is 2.30. The average molecular weight is 417 g/mol. The van der Waals surface area contributed by atoms with Gasteiger partial charge in [-0.3, -0.25) is 4.79 Å². The lowest BCUT2D eigenvalue weighted by atomic mass is 10.0. The summed E-state index contributed by atoms with van der Waals surface area (Å²) in [6.45, 7) is 1.13. The van der Waals surface area contributed by atoms with E-state index in [9.17, 15) is 31.5 Å². The van der Waals surface area contributed by atoms with Gasteiger partial charge in [0.05, 0.1) is 24.7 Å². The normalized spacial score (nSPS) is 15.0. The molecule has 0 bridgehead atoms. The number of rotatable bonds is 4. The van der Waals surface area contributed by atoms with Gasteiger partial charge in [-0.05, 0) is 12.1 Å². The molecule has 156 valence electrons. The van der Waals surface area contributed by atoms with Crippen molar-refractivity contribution in [2.24, 2.45) is 5.92 Å². The number of urea groups is 1. The van der Waals surface area contributed by atoms with E-state index < -0.39 is 42.0 Å². The van der Waals surface area contributed by atoms with E-state index >= 15 is 0 Å². The molecule has 1 aliphatic heterocycles. The standard InChI is InChI=1S/C17H16F5N5O2/c1-9(17(20,21)22)6-14(28)15-13-8-26(4-5-27(13)25-24-15)16(29)23-10-2-3-11(18)12(19)7-10/h2-3,7,9H,4-6,8H2,1H3,(H,23,29)/t9-/m0/s1. The van der Waals surface area contributed by atoms with Gasteiger partial charge in [0.1, 0.15) is 0 Å². The topological polar surface area (TPSA) is 80.1 Å². The van der Waals surface area contributed by atoms with Crippen molar-refractivity contribution in [2.75, 3.05) is 11.9 Å². The highest BCUT2D eigenvalue weighted by molar-refractivity contribution is 5.95. The number of Topliss-reactive ketones (excluding diaryl/α,β-unsaturated/α-hetero) is 1. The van der Waals surface area contributed by atoms with Gasteiger partial charge in [-0.25, -0.2) is 18.3 Å². The highest BCUT2D eigenvalue weighted by Gasteiger charge is 2.38. The second-order valence-electron chi connectivity index (χ2n) is 6.66. The van der Waals surface area contributed by atoms with E-state index in [-0.39, 0.29) is 36.7 Å². The van der Waals surface area contributed by atoms with E-state index in [1.807, 2.05) is 0 Å². The lowest BCUT2D eigenvalue weighted by Gasteiger charge is -2.27. The van der Waals surface area contributed by atoms with Gasteiger partial charge in [0.15, 0.2) is 23.1 Å². The van der Waals surface area contributed by atoms with Crippen LogP contribution >= 0.6 is 0 Å². The molecule has 7 nitrogen and oxygen atoms in total. The Kier molecular flexibility index (Phi) is 5.53. The molecule has 1 aromatic carbocycles. The number of alkyl halides is 3. The molecule has 0 saturated heterocycles. The van der Waals surface area contributed by atoms with E-state index in [0.29, 0.717) is 0 Å². The van der Waals surface area contributed by atoms with Crippen molar-refractivity contribution in [1.82, 2.24) is 19.9 Å². The number of aromatic nitrogens is 3. The first-order valence-corrected chi connectivity index (χ1v) is 8.59. The highest BCUT2D eigenvalue weighted by atomic mass is 19.4. The van der Waals surface area contributed by atoms with Gasteiger partial charge in [0.25, 0.3) is 0 Å². The van der Waals surface area contributed by atoms with Crippen LogP contribution in [0.1, 0.15) is 29.5 Å². The molecule has 0 aliphatic carbocycles. The molecule has 3 rings (SSSR count). The zero-order valence-electron chi connectivity index (χ0n) is 15.1. The summed E-state index contributed by atoms with van der Waals surface area (Å²) < 4.78 is 65.8. The predicted molar refractivity (Wildman–Crippen MR) is 90.0 cm³/mol. The molecule has 2 aromatic rings. The maximum atomic E-state index is 13.3. The summed E-state index contributed by atoms with van der Waals surface area (Å²) in [5.41, 5.74) is 0.0314. The van der Waals surface area contributed by atoms with Gasteiger partial charge in [0, 0.05) is 24.7 Å². The number of ketones is 1. The minimum absolute atomic E-state index is 0.0291. The van der Waals surface area contributed by atoms with Crippen LogP contribution in [0, 0.1) is 17.6 Å². The fraction of sp³-hybridized carbons (Fsp3) is 0.412. The van der Waals surface area contributed by atoms with Crippen LogP contribution in [0.2, 0.25) is 0 Å². The summed E-state index contributed by atoms with van der Waals surface area (Å²) >= 11 is 0. The number of benzene rings is 1. The van der Waals surface area contributed by atoms with Crippen LogP contribution < -0.4 is 5.32 Å². The Morgan fingerprint density at radius 1 is 1.21 bits per heavy atom. The number of fused-ring (bicyclic) bond motifs is 1. The Balaban J connectivity index is 1.71. The van der Waals surface area contributed by atoms with Crippen LogP contribution in [0.3, 0.4) is 0 Å². The van der Waals surface area contributed by atoms with Gasteiger partial charge in [-0.2, -0.15) is 13.2 Å². The first-order chi connectivity index (χ1) is 13.6. The van der Waals surface area contributed by atoms with E-state index in [1.54, 1.807) is 0 Å². The molecular formula is C17H16F5N5O2. The fourth-order valence-corrected chi connectivity index (χ4v) is 2.80. The van der Waals surface area contributed by atoms with Crippen LogP contribution in [-0.2, 0) is 13.1 Å². The largest absolute Gasteiger partial charge is 0.391 e. The van der Waals surface area contributed by atoms with Gasteiger partial charge in [-0.15, -0.1) is 5.10 Å². The quantitative estimate of drug-likeness (QED) is 0.611. The Morgan fingerprint density at radius 2 is 1.93 bits per heavy atom. The smallest absolute Gasteiger partial charge is 0.317 e. The third kappa shape index (κ3) is 4.51. The van der Waals surface area contributed by atoms with Gasteiger partial charge < -0.3 is 10.2 Å². The van der Waals surface area contributed by atoms with Crippen molar-refractivity contribution in [3.8, 4) is 0 Å². The van der Waals surface area contributed by atoms with Gasteiger partial charge in [-0.1, -0.05) is 12.1 Å². The molecular weight excluding hydrogens is 401 g/mol. The van der Waals surface area contributed by atoms with Crippen LogP contribution in [0.25, 0.3) is 0 Å². The predicted octanol–water partition coefficient (Wildman–Crippen LogP) is 3.38. The molecule has 1 aliphatic rings. The molecule has 29 heavy (non-hydrogen) atoms. The Morgan fingerprint density at radius 3 is 2.59 bits per heavy atom. The molecule has 2 heterocycles. The number of hydrogen-bond acceptors (Lipinski definition) is 4. The first-order valence-electron chi connectivity index (χ1n) is 8.59. The number of hydrogen-bond donors (Lipinski definition) is 1.